The lowest BCUT2D eigenvalue weighted by Gasteiger charge is -2.14. The highest BCUT2D eigenvalue weighted by atomic mass is 31.2. The Morgan fingerprint density at radius 3 is 2.22 bits per heavy atom. The average Bonchev–Trinajstić information content (AvgIpc) is 2.27. The molecule has 0 saturated carbocycles. The highest BCUT2D eigenvalue weighted by molar-refractivity contribution is 7.60. The van der Waals surface area contributed by atoms with E-state index in [1.165, 1.54) is 24.3 Å². The van der Waals surface area contributed by atoms with Crippen LogP contribution in [0.5, 0.6) is 0 Å². The minimum atomic E-state index is -4.23. The second-order valence-electron chi connectivity index (χ2n) is 3.96. The first-order chi connectivity index (χ1) is 8.21. The zero-order chi connectivity index (χ0) is 13.9. The van der Waals surface area contributed by atoms with E-state index in [4.69, 9.17) is 14.5 Å². The summed E-state index contributed by atoms with van der Waals surface area (Å²) in [5.41, 5.74) is 0.954. The molecule has 18 heavy (non-hydrogen) atoms. The number of carbonyl (C=O) groups is 1. The second-order valence-corrected chi connectivity index (χ2v) is 5.57. The molecular formula is C12H15O5P. The fourth-order valence-electron chi connectivity index (χ4n) is 1.27. The third-order valence-electron chi connectivity index (χ3n) is 2.33. The lowest BCUT2D eigenvalue weighted by atomic mass is 10.1. The molecule has 0 bridgehead atoms. The summed E-state index contributed by atoms with van der Waals surface area (Å²) in [5.74, 6) is -0.499. The summed E-state index contributed by atoms with van der Waals surface area (Å²) < 4.78 is 16.1. The molecule has 98 valence electrons. The third-order valence-corrected chi connectivity index (χ3v) is 3.30. The van der Waals surface area contributed by atoms with Crippen molar-refractivity contribution in [2.75, 3.05) is 0 Å². The van der Waals surface area contributed by atoms with E-state index in [1.807, 2.05) is 0 Å². The summed E-state index contributed by atoms with van der Waals surface area (Å²) >= 11 is 0. The van der Waals surface area contributed by atoms with Crippen molar-refractivity contribution >= 4 is 18.9 Å². The van der Waals surface area contributed by atoms with Crippen LogP contribution in [0.25, 0.3) is 0 Å². The summed E-state index contributed by atoms with van der Waals surface area (Å²) in [5, 5.41) is -0.0651. The molecule has 2 N–H and O–H groups in total. The van der Waals surface area contributed by atoms with Gasteiger partial charge in [0.2, 0.25) is 0 Å². The van der Waals surface area contributed by atoms with Gasteiger partial charge in [-0.1, -0.05) is 18.7 Å². The van der Waals surface area contributed by atoms with Crippen molar-refractivity contribution in [3.63, 3.8) is 0 Å². The predicted molar refractivity (Wildman–Crippen MR) is 67.4 cm³/mol. The number of ether oxygens (including phenoxy) is 1. The van der Waals surface area contributed by atoms with Crippen LogP contribution in [0.1, 0.15) is 25.5 Å². The van der Waals surface area contributed by atoms with Gasteiger partial charge >= 0.3 is 13.6 Å². The molecule has 6 heteroatoms. The van der Waals surface area contributed by atoms with E-state index in [-0.39, 0.29) is 5.30 Å². The zero-order valence-electron chi connectivity index (χ0n) is 10.2. The predicted octanol–water partition coefficient (Wildman–Crippen LogP) is 1.67. The maximum Gasteiger partial charge on any atom is 0.356 e. The number of esters is 1. The minimum absolute atomic E-state index is 0.0651. The molecule has 0 saturated heterocycles. The number of hydrogen-bond donors (Lipinski definition) is 2. The number of hydrogen-bond acceptors (Lipinski definition) is 3. The Balaban J connectivity index is 2.83. The van der Waals surface area contributed by atoms with Crippen LogP contribution in [0.4, 0.5) is 0 Å². The highest BCUT2D eigenvalue weighted by Crippen LogP contribution is 2.33. The standard InChI is InChI=1S/C12H15O5P/c1-8(2)12(13)17-9(3)10-4-6-11(7-5-10)18(14,15)16/h4-7,9H,1H2,2-3H3,(H2,14,15,16). The van der Waals surface area contributed by atoms with E-state index in [0.717, 1.165) is 0 Å². The van der Waals surface area contributed by atoms with Crippen molar-refractivity contribution < 1.29 is 23.9 Å². The molecule has 1 rings (SSSR count). The Labute approximate surface area is 105 Å². The summed E-state index contributed by atoms with van der Waals surface area (Å²) in [6, 6.07) is 5.68. The molecule has 0 aliphatic heterocycles. The topological polar surface area (TPSA) is 83.8 Å². The van der Waals surface area contributed by atoms with Crippen LogP contribution < -0.4 is 5.30 Å². The molecular weight excluding hydrogens is 255 g/mol. The van der Waals surface area contributed by atoms with E-state index in [0.29, 0.717) is 11.1 Å². The molecule has 0 aliphatic carbocycles. The van der Waals surface area contributed by atoms with Crippen LogP contribution in [-0.2, 0) is 14.1 Å². The van der Waals surface area contributed by atoms with Gasteiger partial charge in [0.25, 0.3) is 0 Å². The largest absolute Gasteiger partial charge is 0.454 e. The molecule has 1 aromatic rings. The van der Waals surface area contributed by atoms with Gasteiger partial charge in [-0.15, -0.1) is 0 Å². The van der Waals surface area contributed by atoms with Crippen molar-refractivity contribution in [1.82, 2.24) is 0 Å². The van der Waals surface area contributed by atoms with Gasteiger partial charge in [-0.25, -0.2) is 4.79 Å². The zero-order valence-corrected chi connectivity index (χ0v) is 11.1. The second kappa shape index (κ2) is 5.48. The Hall–Kier alpha value is -1.42. The summed E-state index contributed by atoms with van der Waals surface area (Å²) in [6.45, 7) is 6.69. The van der Waals surface area contributed by atoms with Crippen molar-refractivity contribution in [3.8, 4) is 0 Å². The van der Waals surface area contributed by atoms with Crippen LogP contribution in [0.3, 0.4) is 0 Å². The molecule has 1 aromatic carbocycles. The molecule has 0 spiro atoms. The average molecular weight is 270 g/mol. The highest BCUT2D eigenvalue weighted by Gasteiger charge is 2.18. The fraction of sp³-hybridized carbons (Fsp3) is 0.250. The summed E-state index contributed by atoms with van der Waals surface area (Å²) in [4.78, 5) is 29.2. The van der Waals surface area contributed by atoms with Crippen LogP contribution in [0, 0.1) is 0 Å². The molecule has 0 fully saturated rings. The van der Waals surface area contributed by atoms with E-state index >= 15 is 0 Å². The molecule has 0 radical (unpaired) electrons. The Morgan fingerprint density at radius 1 is 1.33 bits per heavy atom. The molecule has 0 aliphatic rings. The summed E-state index contributed by atoms with van der Waals surface area (Å²) in [6.07, 6.45) is -0.500. The van der Waals surface area contributed by atoms with E-state index < -0.39 is 19.7 Å². The molecule has 0 amide bonds. The minimum Gasteiger partial charge on any atom is -0.454 e. The van der Waals surface area contributed by atoms with Gasteiger partial charge < -0.3 is 14.5 Å². The lowest BCUT2D eigenvalue weighted by Crippen LogP contribution is -2.10. The van der Waals surface area contributed by atoms with Gasteiger partial charge in [0.05, 0.1) is 5.30 Å². The van der Waals surface area contributed by atoms with Crippen LogP contribution in [-0.4, -0.2) is 15.8 Å². The van der Waals surface area contributed by atoms with Gasteiger partial charge in [-0.2, -0.15) is 0 Å². The van der Waals surface area contributed by atoms with Crippen molar-refractivity contribution in [2.45, 2.75) is 20.0 Å². The SMILES string of the molecule is C=C(C)C(=O)OC(C)c1ccc(P(=O)(O)O)cc1. The van der Waals surface area contributed by atoms with Gasteiger partial charge in [-0.05, 0) is 31.5 Å². The molecule has 0 aromatic heterocycles. The Morgan fingerprint density at radius 2 is 1.83 bits per heavy atom. The number of benzene rings is 1. The first-order valence-corrected chi connectivity index (χ1v) is 6.85. The van der Waals surface area contributed by atoms with Gasteiger partial charge in [0.15, 0.2) is 0 Å². The van der Waals surface area contributed by atoms with Crippen LogP contribution >= 0.6 is 7.60 Å². The maximum atomic E-state index is 11.3. The normalized spacial score (nSPS) is 12.9. The van der Waals surface area contributed by atoms with Crippen molar-refractivity contribution in [2.24, 2.45) is 0 Å². The van der Waals surface area contributed by atoms with Crippen LogP contribution in [0.15, 0.2) is 36.4 Å². The molecule has 5 nitrogen and oxygen atoms in total. The first-order valence-electron chi connectivity index (χ1n) is 5.24. The fourth-order valence-corrected chi connectivity index (χ4v) is 1.81. The smallest absolute Gasteiger partial charge is 0.356 e. The van der Waals surface area contributed by atoms with Crippen molar-refractivity contribution in [3.05, 3.63) is 42.0 Å². The first kappa shape index (κ1) is 14.6. The van der Waals surface area contributed by atoms with Crippen LogP contribution in [0.2, 0.25) is 0 Å². The van der Waals surface area contributed by atoms with E-state index in [2.05, 4.69) is 6.58 Å². The third kappa shape index (κ3) is 3.81. The Bertz CT molecular complexity index is 500. The van der Waals surface area contributed by atoms with E-state index in [9.17, 15) is 9.36 Å². The lowest BCUT2D eigenvalue weighted by molar-refractivity contribution is -0.143. The monoisotopic (exact) mass is 270 g/mol. The molecule has 1 unspecified atom stereocenters. The van der Waals surface area contributed by atoms with E-state index in [1.54, 1.807) is 13.8 Å². The van der Waals surface area contributed by atoms with Crippen molar-refractivity contribution in [1.29, 1.82) is 0 Å². The van der Waals surface area contributed by atoms with Gasteiger partial charge in [0, 0.05) is 5.57 Å². The molecule has 0 heterocycles. The number of carbonyl (C=O) groups excluding carboxylic acids is 1. The summed E-state index contributed by atoms with van der Waals surface area (Å²) in [7, 11) is -4.23. The number of rotatable bonds is 4. The Kier molecular flexibility index (Phi) is 4.46. The quantitative estimate of drug-likeness (QED) is 0.494. The molecule has 1 atom stereocenters. The van der Waals surface area contributed by atoms with Gasteiger partial charge in [0.1, 0.15) is 6.10 Å². The maximum absolute atomic E-state index is 11.3. The van der Waals surface area contributed by atoms with Gasteiger partial charge in [-0.3, -0.25) is 4.57 Å².